The molecular weight excluding hydrogens is 284 g/mol. The molecule has 1 aliphatic carbocycles. The number of hydrogen-bond acceptors (Lipinski definition) is 1. The van der Waals surface area contributed by atoms with Crippen LogP contribution >= 0.6 is 0 Å². The molecule has 0 heterocycles. The maximum atomic E-state index is 13.3. The van der Waals surface area contributed by atoms with Crippen molar-refractivity contribution in [3.63, 3.8) is 0 Å². The van der Waals surface area contributed by atoms with Gasteiger partial charge in [-0.2, -0.15) is 0 Å². The van der Waals surface area contributed by atoms with Crippen molar-refractivity contribution < 1.29 is 13.6 Å². The Morgan fingerprint density at radius 1 is 1.05 bits per heavy atom. The van der Waals surface area contributed by atoms with Crippen molar-refractivity contribution in [1.29, 1.82) is 0 Å². The minimum atomic E-state index is -0.872. The van der Waals surface area contributed by atoms with Gasteiger partial charge in [0, 0.05) is 18.2 Å². The highest BCUT2D eigenvalue weighted by molar-refractivity contribution is 5.95. The maximum Gasteiger partial charge on any atom is 0.254 e. The third kappa shape index (κ3) is 2.86. The molecule has 2 nitrogen and oxygen atoms in total. The van der Waals surface area contributed by atoms with Gasteiger partial charge in [0.1, 0.15) is 0 Å². The average molecular weight is 301 g/mol. The first-order chi connectivity index (χ1) is 10.6. The number of carbonyl (C=O) groups is 1. The Kier molecular flexibility index (Phi) is 3.92. The predicted octanol–water partition coefficient (Wildman–Crippen LogP) is 4.26. The Bertz CT molecular complexity index is 693. The van der Waals surface area contributed by atoms with E-state index < -0.39 is 11.6 Å². The van der Waals surface area contributed by atoms with Crippen LogP contribution in [0.1, 0.15) is 30.1 Å². The van der Waals surface area contributed by atoms with Gasteiger partial charge in [-0.3, -0.25) is 4.79 Å². The van der Waals surface area contributed by atoms with E-state index in [0.717, 1.165) is 30.5 Å². The third-order valence-electron chi connectivity index (χ3n) is 3.97. The second-order valence-corrected chi connectivity index (χ2v) is 5.53. The first kappa shape index (κ1) is 14.7. The first-order valence-electron chi connectivity index (χ1n) is 7.46. The highest BCUT2D eigenvalue weighted by Crippen LogP contribution is 2.28. The van der Waals surface area contributed by atoms with E-state index >= 15 is 0 Å². The minimum absolute atomic E-state index is 0.0295. The molecule has 0 bridgehead atoms. The summed E-state index contributed by atoms with van der Waals surface area (Å²) in [6.45, 7) is 2.68. The van der Waals surface area contributed by atoms with Crippen LogP contribution in [0.4, 0.5) is 8.78 Å². The summed E-state index contributed by atoms with van der Waals surface area (Å²) in [6, 6.07) is 11.2. The molecule has 1 amide bonds. The van der Waals surface area contributed by atoms with E-state index in [-0.39, 0.29) is 5.91 Å². The second-order valence-electron chi connectivity index (χ2n) is 5.53. The van der Waals surface area contributed by atoms with Gasteiger partial charge in [-0.05, 0) is 55.2 Å². The SMILES string of the molecule is CCN(C(=O)c1ccc(-c2ccc(F)c(F)c2)cc1)C1CC1. The number of halogens is 2. The number of carbonyl (C=O) groups excluding carboxylic acids is 1. The van der Waals surface area contributed by atoms with Crippen molar-refractivity contribution in [3.05, 3.63) is 59.7 Å². The van der Waals surface area contributed by atoms with Crippen molar-refractivity contribution in [3.8, 4) is 11.1 Å². The molecule has 1 saturated carbocycles. The minimum Gasteiger partial charge on any atom is -0.336 e. The Morgan fingerprint density at radius 2 is 1.68 bits per heavy atom. The predicted molar refractivity (Wildman–Crippen MR) is 81.5 cm³/mol. The van der Waals surface area contributed by atoms with Gasteiger partial charge in [0.05, 0.1) is 0 Å². The van der Waals surface area contributed by atoms with Crippen LogP contribution in [0.5, 0.6) is 0 Å². The van der Waals surface area contributed by atoms with Gasteiger partial charge in [0.15, 0.2) is 11.6 Å². The van der Waals surface area contributed by atoms with Gasteiger partial charge in [-0.25, -0.2) is 8.78 Å². The fourth-order valence-corrected chi connectivity index (χ4v) is 2.60. The Balaban J connectivity index is 1.82. The molecule has 0 aliphatic heterocycles. The quantitative estimate of drug-likeness (QED) is 0.826. The van der Waals surface area contributed by atoms with Gasteiger partial charge < -0.3 is 4.90 Å². The summed E-state index contributed by atoms with van der Waals surface area (Å²) in [6.07, 6.45) is 2.15. The fraction of sp³-hybridized carbons (Fsp3) is 0.278. The zero-order valence-electron chi connectivity index (χ0n) is 12.4. The molecule has 114 valence electrons. The molecule has 0 saturated heterocycles. The van der Waals surface area contributed by atoms with Crippen molar-refractivity contribution in [2.75, 3.05) is 6.54 Å². The van der Waals surface area contributed by atoms with Gasteiger partial charge in [-0.15, -0.1) is 0 Å². The largest absolute Gasteiger partial charge is 0.336 e. The molecule has 2 aromatic rings. The van der Waals surface area contributed by atoms with Crippen LogP contribution in [-0.2, 0) is 0 Å². The van der Waals surface area contributed by atoms with Crippen molar-refractivity contribution in [1.82, 2.24) is 4.90 Å². The van der Waals surface area contributed by atoms with Gasteiger partial charge in [-0.1, -0.05) is 18.2 Å². The molecule has 1 aliphatic rings. The van der Waals surface area contributed by atoms with E-state index in [0.29, 0.717) is 23.7 Å². The van der Waals surface area contributed by atoms with Crippen LogP contribution in [0.3, 0.4) is 0 Å². The van der Waals surface area contributed by atoms with E-state index in [1.54, 1.807) is 24.3 Å². The third-order valence-corrected chi connectivity index (χ3v) is 3.97. The van der Waals surface area contributed by atoms with Crippen LogP contribution in [0.25, 0.3) is 11.1 Å². The summed E-state index contributed by atoms with van der Waals surface area (Å²) >= 11 is 0. The average Bonchev–Trinajstić information content (AvgIpc) is 3.36. The van der Waals surface area contributed by atoms with E-state index in [1.807, 2.05) is 11.8 Å². The Morgan fingerprint density at radius 3 is 2.23 bits per heavy atom. The van der Waals surface area contributed by atoms with E-state index in [1.165, 1.54) is 6.07 Å². The molecule has 2 aromatic carbocycles. The van der Waals surface area contributed by atoms with Crippen LogP contribution < -0.4 is 0 Å². The van der Waals surface area contributed by atoms with Crippen LogP contribution in [-0.4, -0.2) is 23.4 Å². The lowest BCUT2D eigenvalue weighted by Crippen LogP contribution is -2.32. The van der Waals surface area contributed by atoms with Crippen molar-refractivity contribution in [2.24, 2.45) is 0 Å². The standard InChI is InChI=1S/C18H17F2NO/c1-2-21(15-8-9-15)18(22)13-5-3-12(4-6-13)14-7-10-16(19)17(20)11-14/h3-7,10-11,15H,2,8-9H2,1H3. The summed E-state index contributed by atoms with van der Waals surface area (Å²) in [5, 5.41) is 0. The molecule has 22 heavy (non-hydrogen) atoms. The zero-order chi connectivity index (χ0) is 15.7. The normalized spacial score (nSPS) is 14.0. The van der Waals surface area contributed by atoms with Crippen molar-refractivity contribution in [2.45, 2.75) is 25.8 Å². The topological polar surface area (TPSA) is 20.3 Å². The molecule has 0 N–H and O–H groups in total. The van der Waals surface area contributed by atoms with Crippen LogP contribution in [0.2, 0.25) is 0 Å². The van der Waals surface area contributed by atoms with Gasteiger partial charge >= 0.3 is 0 Å². The Hall–Kier alpha value is -2.23. The summed E-state index contributed by atoms with van der Waals surface area (Å²) < 4.78 is 26.3. The van der Waals surface area contributed by atoms with E-state index in [2.05, 4.69) is 0 Å². The monoisotopic (exact) mass is 301 g/mol. The fourth-order valence-electron chi connectivity index (χ4n) is 2.60. The summed E-state index contributed by atoms with van der Waals surface area (Å²) in [4.78, 5) is 14.3. The molecule has 0 unspecified atom stereocenters. The molecule has 0 radical (unpaired) electrons. The van der Waals surface area contributed by atoms with Gasteiger partial charge in [0.25, 0.3) is 5.91 Å². The lowest BCUT2D eigenvalue weighted by atomic mass is 10.0. The molecule has 0 spiro atoms. The molecule has 4 heteroatoms. The summed E-state index contributed by atoms with van der Waals surface area (Å²) in [7, 11) is 0. The van der Waals surface area contributed by atoms with Crippen LogP contribution in [0.15, 0.2) is 42.5 Å². The smallest absolute Gasteiger partial charge is 0.254 e. The zero-order valence-corrected chi connectivity index (χ0v) is 12.4. The molecule has 0 aromatic heterocycles. The first-order valence-corrected chi connectivity index (χ1v) is 7.46. The maximum absolute atomic E-state index is 13.3. The van der Waals surface area contributed by atoms with Crippen LogP contribution in [0, 0.1) is 11.6 Å². The number of nitrogens with zero attached hydrogens (tertiary/aromatic N) is 1. The van der Waals surface area contributed by atoms with E-state index in [9.17, 15) is 13.6 Å². The molecule has 1 fully saturated rings. The number of hydrogen-bond donors (Lipinski definition) is 0. The number of amides is 1. The van der Waals surface area contributed by atoms with Gasteiger partial charge in [0.2, 0.25) is 0 Å². The summed E-state index contributed by atoms with van der Waals surface area (Å²) in [5.74, 6) is -1.70. The Labute approximate surface area is 128 Å². The summed E-state index contributed by atoms with van der Waals surface area (Å²) in [5.41, 5.74) is 1.97. The van der Waals surface area contributed by atoms with Crippen molar-refractivity contribution >= 4 is 5.91 Å². The molecule has 0 atom stereocenters. The highest BCUT2D eigenvalue weighted by atomic mass is 19.2. The number of benzene rings is 2. The lowest BCUT2D eigenvalue weighted by Gasteiger charge is -2.20. The van der Waals surface area contributed by atoms with E-state index in [4.69, 9.17) is 0 Å². The molecular formula is C18H17F2NO. The lowest BCUT2D eigenvalue weighted by molar-refractivity contribution is 0.0752. The second kappa shape index (κ2) is 5.87. The number of rotatable bonds is 4. The molecule has 3 rings (SSSR count). The highest BCUT2D eigenvalue weighted by Gasteiger charge is 2.31.